The first-order valence-electron chi connectivity index (χ1n) is 8.20. The number of hydrogen-bond acceptors (Lipinski definition) is 5. The number of anilines is 1. The van der Waals surface area contributed by atoms with Gasteiger partial charge < -0.3 is 10.0 Å². The minimum atomic E-state index is 0.0942. The highest BCUT2D eigenvalue weighted by Gasteiger charge is 2.23. The van der Waals surface area contributed by atoms with Crippen LogP contribution in [0, 0.1) is 11.3 Å². The van der Waals surface area contributed by atoms with Gasteiger partial charge in [0.15, 0.2) is 0 Å². The highest BCUT2D eigenvalue weighted by molar-refractivity contribution is 5.51. The molecular weight excluding hydrogens is 300 g/mol. The van der Waals surface area contributed by atoms with E-state index >= 15 is 0 Å². The van der Waals surface area contributed by atoms with Gasteiger partial charge in [0, 0.05) is 32.9 Å². The summed E-state index contributed by atoms with van der Waals surface area (Å²) in [6.45, 7) is 2.61. The van der Waals surface area contributed by atoms with E-state index in [1.807, 2.05) is 43.6 Å². The van der Waals surface area contributed by atoms with Gasteiger partial charge in [-0.05, 0) is 36.2 Å². The minimum Gasteiger partial charge on any atom is -0.394 e. The second-order valence-electron chi connectivity index (χ2n) is 6.22. The molecule has 0 aliphatic carbocycles. The van der Waals surface area contributed by atoms with Crippen molar-refractivity contribution < 1.29 is 5.11 Å². The Morgan fingerprint density at radius 3 is 2.79 bits per heavy atom. The topological polar surface area (TPSA) is 63.4 Å². The molecule has 1 aromatic carbocycles. The Bertz CT molecular complexity index is 723. The molecule has 5 nitrogen and oxygen atoms in total. The zero-order chi connectivity index (χ0) is 16.9. The molecule has 1 atom stereocenters. The first-order chi connectivity index (χ1) is 11.7. The van der Waals surface area contributed by atoms with Gasteiger partial charge >= 0.3 is 0 Å². The fraction of sp³-hybridized carbons (Fsp3) is 0.368. The van der Waals surface area contributed by atoms with Crippen LogP contribution in [0.5, 0.6) is 0 Å². The SMILES string of the molecule is CN1c2cccnc2CN(Cc2ccc(C#N)cc2)CCC1CO. The van der Waals surface area contributed by atoms with E-state index < -0.39 is 0 Å². The zero-order valence-electron chi connectivity index (χ0n) is 13.9. The number of rotatable bonds is 3. The summed E-state index contributed by atoms with van der Waals surface area (Å²) in [6, 6.07) is 14.0. The molecule has 0 bridgehead atoms. The maximum atomic E-state index is 9.73. The molecule has 1 aliphatic rings. The second-order valence-corrected chi connectivity index (χ2v) is 6.22. The van der Waals surface area contributed by atoms with Crippen molar-refractivity contribution in [1.29, 1.82) is 5.26 Å². The van der Waals surface area contributed by atoms with E-state index in [0.29, 0.717) is 5.56 Å². The van der Waals surface area contributed by atoms with Gasteiger partial charge in [0.2, 0.25) is 0 Å². The van der Waals surface area contributed by atoms with E-state index in [0.717, 1.165) is 37.4 Å². The van der Waals surface area contributed by atoms with Crippen LogP contribution in [-0.4, -0.2) is 41.2 Å². The number of pyridine rings is 1. The third-order valence-corrected chi connectivity index (χ3v) is 4.65. The van der Waals surface area contributed by atoms with Gasteiger partial charge in [0.1, 0.15) is 0 Å². The van der Waals surface area contributed by atoms with Crippen LogP contribution in [0.1, 0.15) is 23.2 Å². The number of nitriles is 1. The molecule has 0 spiro atoms. The van der Waals surface area contributed by atoms with E-state index in [2.05, 4.69) is 26.9 Å². The summed E-state index contributed by atoms with van der Waals surface area (Å²) in [5.74, 6) is 0. The number of aliphatic hydroxyl groups excluding tert-OH is 1. The smallest absolute Gasteiger partial charge is 0.0991 e. The van der Waals surface area contributed by atoms with Gasteiger partial charge in [-0.1, -0.05) is 12.1 Å². The van der Waals surface area contributed by atoms with Crippen molar-refractivity contribution in [2.24, 2.45) is 0 Å². The Hall–Kier alpha value is -2.42. The van der Waals surface area contributed by atoms with Crippen molar-refractivity contribution in [3.8, 4) is 6.07 Å². The Kier molecular flexibility index (Phi) is 5.09. The number of aromatic nitrogens is 1. The van der Waals surface area contributed by atoms with Crippen molar-refractivity contribution >= 4 is 5.69 Å². The second kappa shape index (κ2) is 7.43. The van der Waals surface area contributed by atoms with Crippen LogP contribution in [0.4, 0.5) is 5.69 Å². The lowest BCUT2D eigenvalue weighted by Gasteiger charge is -2.35. The van der Waals surface area contributed by atoms with E-state index in [1.165, 1.54) is 5.56 Å². The van der Waals surface area contributed by atoms with Crippen LogP contribution in [0.25, 0.3) is 0 Å². The average Bonchev–Trinajstić information content (AvgIpc) is 2.61. The monoisotopic (exact) mass is 322 g/mol. The normalized spacial score (nSPS) is 18.4. The molecule has 1 aromatic heterocycles. The van der Waals surface area contributed by atoms with E-state index in [-0.39, 0.29) is 12.6 Å². The molecular formula is C19H22N4O. The molecule has 1 N–H and O–H groups in total. The van der Waals surface area contributed by atoms with Crippen LogP contribution in [0.15, 0.2) is 42.6 Å². The van der Waals surface area contributed by atoms with E-state index in [4.69, 9.17) is 5.26 Å². The molecule has 1 aliphatic heterocycles. The predicted molar refractivity (Wildman–Crippen MR) is 93.4 cm³/mol. The first kappa shape index (κ1) is 16.4. The highest BCUT2D eigenvalue weighted by atomic mass is 16.3. The quantitative estimate of drug-likeness (QED) is 0.938. The lowest BCUT2D eigenvalue weighted by atomic mass is 10.1. The van der Waals surface area contributed by atoms with E-state index in [9.17, 15) is 5.11 Å². The van der Waals surface area contributed by atoms with Crippen molar-refractivity contribution in [3.63, 3.8) is 0 Å². The highest BCUT2D eigenvalue weighted by Crippen LogP contribution is 2.25. The van der Waals surface area contributed by atoms with Crippen LogP contribution in [0.3, 0.4) is 0 Å². The third-order valence-electron chi connectivity index (χ3n) is 4.65. The molecule has 3 rings (SSSR count). The summed E-state index contributed by atoms with van der Waals surface area (Å²) >= 11 is 0. The van der Waals surface area contributed by atoms with Gasteiger partial charge in [-0.3, -0.25) is 9.88 Å². The minimum absolute atomic E-state index is 0.0942. The number of fused-ring (bicyclic) bond motifs is 1. The van der Waals surface area contributed by atoms with Crippen molar-refractivity contribution in [1.82, 2.24) is 9.88 Å². The molecule has 0 radical (unpaired) electrons. The maximum absolute atomic E-state index is 9.73. The molecule has 124 valence electrons. The molecule has 5 heteroatoms. The van der Waals surface area contributed by atoms with Gasteiger partial charge in [-0.15, -0.1) is 0 Å². The van der Waals surface area contributed by atoms with Crippen molar-refractivity contribution in [3.05, 3.63) is 59.4 Å². The van der Waals surface area contributed by atoms with Crippen LogP contribution < -0.4 is 4.90 Å². The fourth-order valence-electron chi connectivity index (χ4n) is 3.18. The summed E-state index contributed by atoms with van der Waals surface area (Å²) < 4.78 is 0. The summed E-state index contributed by atoms with van der Waals surface area (Å²) in [7, 11) is 2.03. The number of likely N-dealkylation sites (N-methyl/N-ethyl adjacent to an activating group) is 1. The molecule has 1 unspecified atom stereocenters. The Balaban J connectivity index is 1.82. The molecule has 24 heavy (non-hydrogen) atoms. The lowest BCUT2D eigenvalue weighted by molar-refractivity contribution is 0.204. The van der Waals surface area contributed by atoms with Crippen molar-refractivity contribution in [2.45, 2.75) is 25.6 Å². The maximum Gasteiger partial charge on any atom is 0.0991 e. The van der Waals surface area contributed by atoms with Gasteiger partial charge in [0.25, 0.3) is 0 Å². The number of aliphatic hydroxyl groups is 1. The molecule has 0 fully saturated rings. The summed E-state index contributed by atoms with van der Waals surface area (Å²) in [5, 5.41) is 18.6. The fourth-order valence-corrected chi connectivity index (χ4v) is 3.18. The molecule has 0 saturated heterocycles. The Morgan fingerprint density at radius 1 is 1.29 bits per heavy atom. The Labute approximate surface area is 142 Å². The zero-order valence-corrected chi connectivity index (χ0v) is 13.9. The summed E-state index contributed by atoms with van der Waals surface area (Å²) in [5.41, 5.74) is 3.98. The number of nitrogens with zero attached hydrogens (tertiary/aromatic N) is 4. The molecule has 0 saturated carbocycles. The first-order valence-corrected chi connectivity index (χ1v) is 8.20. The van der Waals surface area contributed by atoms with Crippen molar-refractivity contribution in [2.75, 3.05) is 25.1 Å². The average molecular weight is 322 g/mol. The molecule has 2 heterocycles. The third kappa shape index (κ3) is 3.56. The standard InChI is InChI=1S/C19H22N4O/c1-22-17(14-24)8-10-23(13-18-19(22)3-2-9-21-18)12-16-6-4-15(11-20)5-7-16/h2-7,9,17,24H,8,10,12-14H2,1H3. The van der Waals surface area contributed by atoms with Crippen LogP contribution in [0.2, 0.25) is 0 Å². The predicted octanol–water partition coefficient (Wildman–Crippen LogP) is 2.16. The van der Waals surface area contributed by atoms with Crippen LogP contribution in [-0.2, 0) is 13.1 Å². The van der Waals surface area contributed by atoms with Gasteiger partial charge in [-0.25, -0.2) is 0 Å². The van der Waals surface area contributed by atoms with Gasteiger partial charge in [0.05, 0.1) is 35.7 Å². The summed E-state index contributed by atoms with van der Waals surface area (Å²) in [4.78, 5) is 9.04. The van der Waals surface area contributed by atoms with Gasteiger partial charge in [-0.2, -0.15) is 5.26 Å². The Morgan fingerprint density at radius 2 is 2.08 bits per heavy atom. The van der Waals surface area contributed by atoms with E-state index in [1.54, 1.807) is 0 Å². The molecule has 0 amide bonds. The largest absolute Gasteiger partial charge is 0.394 e. The van der Waals surface area contributed by atoms with Crippen LogP contribution >= 0.6 is 0 Å². The number of hydrogen-bond donors (Lipinski definition) is 1. The molecule has 2 aromatic rings. The summed E-state index contributed by atoms with van der Waals surface area (Å²) in [6.07, 6.45) is 2.72. The number of benzene rings is 1. The lowest BCUT2D eigenvalue weighted by Crippen LogP contribution is -2.41.